The normalized spacial score (nSPS) is 11.6. The monoisotopic (exact) mass is 158 g/mol. The molecule has 0 aromatic carbocycles. The van der Waals surface area contributed by atoms with Crippen LogP contribution in [0.2, 0.25) is 0 Å². The first kappa shape index (κ1) is 10.6. The molecule has 0 amide bonds. The van der Waals surface area contributed by atoms with E-state index in [0.717, 1.165) is 0 Å². The third-order valence-corrected chi connectivity index (χ3v) is 1.34. The summed E-state index contributed by atoms with van der Waals surface area (Å²) in [6.07, 6.45) is 1.75. The summed E-state index contributed by atoms with van der Waals surface area (Å²) in [5.41, 5.74) is 0.0898. The van der Waals surface area contributed by atoms with Crippen LogP contribution in [0.15, 0.2) is 0 Å². The fourth-order valence-corrected chi connectivity index (χ4v) is 0.956. The number of hydrogen-bond donors (Lipinski definition) is 1. The van der Waals surface area contributed by atoms with Crippen LogP contribution in [0.5, 0.6) is 0 Å². The zero-order chi connectivity index (χ0) is 8.91. The van der Waals surface area contributed by atoms with Crippen LogP contribution < -0.4 is 0 Å². The molecule has 0 aromatic heterocycles. The van der Waals surface area contributed by atoms with E-state index in [2.05, 4.69) is 0 Å². The highest BCUT2D eigenvalue weighted by molar-refractivity contribution is 5.78. The van der Waals surface area contributed by atoms with Crippen molar-refractivity contribution in [3.63, 3.8) is 0 Å². The summed E-state index contributed by atoms with van der Waals surface area (Å²) in [5, 5.41) is 8.46. The number of hydrogen-bond acceptors (Lipinski definition) is 2. The summed E-state index contributed by atoms with van der Waals surface area (Å²) < 4.78 is 0. The Morgan fingerprint density at radius 1 is 1.36 bits per heavy atom. The van der Waals surface area contributed by atoms with Crippen LogP contribution in [0.4, 0.5) is 0 Å². The molecule has 0 bridgehead atoms. The SMILES string of the molecule is CC(C)(C)CC(=O)CCCO. The van der Waals surface area contributed by atoms with Gasteiger partial charge in [-0.2, -0.15) is 0 Å². The van der Waals surface area contributed by atoms with Crippen LogP contribution >= 0.6 is 0 Å². The average Bonchev–Trinajstić information content (AvgIpc) is 1.79. The van der Waals surface area contributed by atoms with E-state index < -0.39 is 0 Å². The van der Waals surface area contributed by atoms with E-state index in [1.54, 1.807) is 0 Å². The van der Waals surface area contributed by atoms with Crippen molar-refractivity contribution in [2.75, 3.05) is 6.61 Å². The van der Waals surface area contributed by atoms with Gasteiger partial charge in [0.05, 0.1) is 0 Å². The van der Waals surface area contributed by atoms with Crippen molar-refractivity contribution in [3.05, 3.63) is 0 Å². The highest BCUT2D eigenvalue weighted by Gasteiger charge is 2.14. The zero-order valence-electron chi connectivity index (χ0n) is 7.68. The fourth-order valence-electron chi connectivity index (χ4n) is 0.956. The molecule has 0 saturated heterocycles. The Balaban J connectivity index is 3.53. The standard InChI is InChI=1S/C9H18O2/c1-9(2,3)7-8(11)5-4-6-10/h10H,4-7H2,1-3H3. The largest absolute Gasteiger partial charge is 0.396 e. The molecule has 0 aromatic rings. The van der Waals surface area contributed by atoms with Crippen molar-refractivity contribution in [1.82, 2.24) is 0 Å². The maximum atomic E-state index is 11.1. The van der Waals surface area contributed by atoms with Gasteiger partial charge in [-0.3, -0.25) is 4.79 Å². The van der Waals surface area contributed by atoms with Gasteiger partial charge in [0.15, 0.2) is 0 Å². The third kappa shape index (κ3) is 7.53. The van der Waals surface area contributed by atoms with Crippen LogP contribution in [0.3, 0.4) is 0 Å². The molecule has 66 valence electrons. The Kier molecular flexibility index (Phi) is 4.34. The van der Waals surface area contributed by atoms with Gasteiger partial charge in [-0.1, -0.05) is 20.8 Å². The average molecular weight is 158 g/mol. The number of aliphatic hydroxyl groups excluding tert-OH is 1. The van der Waals surface area contributed by atoms with Gasteiger partial charge in [-0.15, -0.1) is 0 Å². The molecule has 0 spiro atoms. The molecule has 0 unspecified atom stereocenters. The third-order valence-electron chi connectivity index (χ3n) is 1.34. The van der Waals surface area contributed by atoms with Gasteiger partial charge in [0.2, 0.25) is 0 Å². The molecule has 0 saturated carbocycles. The highest BCUT2D eigenvalue weighted by atomic mass is 16.3. The van der Waals surface area contributed by atoms with Crippen molar-refractivity contribution in [2.24, 2.45) is 5.41 Å². The summed E-state index contributed by atoms with van der Waals surface area (Å²) in [6, 6.07) is 0. The van der Waals surface area contributed by atoms with E-state index in [0.29, 0.717) is 19.3 Å². The topological polar surface area (TPSA) is 37.3 Å². The van der Waals surface area contributed by atoms with Crippen LogP contribution in [0, 0.1) is 5.41 Å². The van der Waals surface area contributed by atoms with Gasteiger partial charge >= 0.3 is 0 Å². The maximum absolute atomic E-state index is 11.1. The second-order valence-corrected chi connectivity index (χ2v) is 4.10. The van der Waals surface area contributed by atoms with Gasteiger partial charge in [-0.05, 0) is 11.8 Å². The highest BCUT2D eigenvalue weighted by Crippen LogP contribution is 2.19. The smallest absolute Gasteiger partial charge is 0.133 e. The van der Waals surface area contributed by atoms with Crippen LogP contribution in [-0.4, -0.2) is 17.5 Å². The number of ketones is 1. The van der Waals surface area contributed by atoms with Gasteiger partial charge in [0.1, 0.15) is 5.78 Å². The predicted molar refractivity (Wildman–Crippen MR) is 45.4 cm³/mol. The molecule has 2 heteroatoms. The molecule has 11 heavy (non-hydrogen) atoms. The van der Waals surface area contributed by atoms with Crippen molar-refractivity contribution in [2.45, 2.75) is 40.0 Å². The number of rotatable bonds is 4. The van der Waals surface area contributed by atoms with E-state index in [1.165, 1.54) is 0 Å². The number of aliphatic hydroxyl groups is 1. The Hall–Kier alpha value is -0.370. The van der Waals surface area contributed by atoms with Gasteiger partial charge in [0, 0.05) is 19.4 Å². The van der Waals surface area contributed by atoms with E-state index in [1.807, 2.05) is 20.8 Å². The molecule has 0 atom stereocenters. The van der Waals surface area contributed by atoms with Crippen molar-refractivity contribution in [3.8, 4) is 0 Å². The second kappa shape index (κ2) is 4.50. The molecular formula is C9H18O2. The lowest BCUT2D eigenvalue weighted by atomic mass is 9.89. The first-order chi connectivity index (χ1) is 4.95. The molecule has 0 radical (unpaired) electrons. The summed E-state index contributed by atoms with van der Waals surface area (Å²) in [4.78, 5) is 11.1. The molecule has 0 aliphatic carbocycles. The van der Waals surface area contributed by atoms with E-state index in [4.69, 9.17) is 5.11 Å². The van der Waals surface area contributed by atoms with Gasteiger partial charge in [-0.25, -0.2) is 0 Å². The lowest BCUT2D eigenvalue weighted by molar-refractivity contribution is -0.121. The number of carbonyl (C=O) groups excluding carboxylic acids is 1. The molecule has 0 rings (SSSR count). The minimum atomic E-state index is 0.0898. The molecule has 0 heterocycles. The van der Waals surface area contributed by atoms with Crippen molar-refractivity contribution >= 4 is 5.78 Å². The summed E-state index contributed by atoms with van der Waals surface area (Å²) in [6.45, 7) is 6.26. The predicted octanol–water partition coefficient (Wildman–Crippen LogP) is 1.76. The fraction of sp³-hybridized carbons (Fsp3) is 0.889. The Morgan fingerprint density at radius 3 is 2.27 bits per heavy atom. The first-order valence-corrected chi connectivity index (χ1v) is 4.08. The lowest BCUT2D eigenvalue weighted by Gasteiger charge is -2.16. The quantitative estimate of drug-likeness (QED) is 0.677. The maximum Gasteiger partial charge on any atom is 0.133 e. The molecule has 1 N–H and O–H groups in total. The van der Waals surface area contributed by atoms with Crippen molar-refractivity contribution < 1.29 is 9.90 Å². The van der Waals surface area contributed by atoms with Gasteiger partial charge < -0.3 is 5.11 Å². The minimum absolute atomic E-state index is 0.0898. The number of Topliss-reactive ketones (excluding diaryl/α,β-unsaturated/α-hetero) is 1. The first-order valence-electron chi connectivity index (χ1n) is 4.08. The molecule has 2 nitrogen and oxygen atoms in total. The van der Waals surface area contributed by atoms with E-state index in [9.17, 15) is 4.79 Å². The molecular weight excluding hydrogens is 140 g/mol. The minimum Gasteiger partial charge on any atom is -0.396 e. The van der Waals surface area contributed by atoms with E-state index >= 15 is 0 Å². The summed E-state index contributed by atoms with van der Waals surface area (Å²) in [7, 11) is 0. The van der Waals surface area contributed by atoms with Gasteiger partial charge in [0.25, 0.3) is 0 Å². The zero-order valence-corrected chi connectivity index (χ0v) is 7.68. The summed E-state index contributed by atoms with van der Waals surface area (Å²) in [5.74, 6) is 0.256. The van der Waals surface area contributed by atoms with Crippen molar-refractivity contribution in [1.29, 1.82) is 0 Å². The molecule has 0 fully saturated rings. The number of carbonyl (C=O) groups is 1. The van der Waals surface area contributed by atoms with Crippen LogP contribution in [0.25, 0.3) is 0 Å². The Bertz CT molecular complexity index is 122. The summed E-state index contributed by atoms with van der Waals surface area (Å²) >= 11 is 0. The van der Waals surface area contributed by atoms with Crippen LogP contribution in [-0.2, 0) is 4.79 Å². The molecule has 0 aliphatic heterocycles. The lowest BCUT2D eigenvalue weighted by Crippen LogP contribution is -2.12. The Labute approximate surface area is 68.6 Å². The molecule has 0 aliphatic rings. The van der Waals surface area contributed by atoms with E-state index in [-0.39, 0.29) is 17.8 Å². The second-order valence-electron chi connectivity index (χ2n) is 4.10. The van der Waals surface area contributed by atoms with Crippen LogP contribution in [0.1, 0.15) is 40.0 Å². The Morgan fingerprint density at radius 2 is 1.91 bits per heavy atom.